The van der Waals surface area contributed by atoms with Crippen molar-refractivity contribution in [2.45, 2.75) is 96.8 Å². The summed E-state index contributed by atoms with van der Waals surface area (Å²) in [5, 5.41) is 17.5. The van der Waals surface area contributed by atoms with Crippen LogP contribution in [0.4, 0.5) is 4.79 Å². The maximum atomic E-state index is 14.1. The first kappa shape index (κ1) is 49.5. The number of thiazole rings is 1. The quantitative estimate of drug-likeness (QED) is 0.0918. The van der Waals surface area contributed by atoms with Gasteiger partial charge >= 0.3 is 33.9 Å². The number of likely N-dealkylation sites (N-methyl/N-ethyl adjacent to an activating group) is 1. The van der Waals surface area contributed by atoms with Crippen LogP contribution in [0.15, 0.2) is 41.9 Å². The molecule has 3 atom stereocenters. The Hall–Kier alpha value is -4.55. The molecule has 2 N–H and O–H groups in total. The van der Waals surface area contributed by atoms with Gasteiger partial charge in [-0.2, -0.15) is 5.26 Å². The summed E-state index contributed by atoms with van der Waals surface area (Å²) >= 11 is 3.17. The van der Waals surface area contributed by atoms with Gasteiger partial charge in [-0.3, -0.25) is 24.4 Å². The number of nitriles is 1. The molecular formula is C46H62N9O6SSb. The average Bonchev–Trinajstić information content (AvgIpc) is 3.86. The van der Waals surface area contributed by atoms with E-state index in [0.29, 0.717) is 50.6 Å². The van der Waals surface area contributed by atoms with Crippen molar-refractivity contribution >= 4 is 69.6 Å². The monoisotopic (exact) mass is 989 g/mol. The Morgan fingerprint density at radius 2 is 1.92 bits per heavy atom. The fraction of sp³-hybridized carbons (Fsp3) is 0.543. The van der Waals surface area contributed by atoms with Gasteiger partial charge in [0.2, 0.25) is 5.91 Å². The zero-order chi connectivity index (χ0) is 46.0. The molecule has 63 heavy (non-hydrogen) atoms. The zero-order valence-electron chi connectivity index (χ0n) is 38.0. The molecule has 338 valence electrons. The number of aryl methyl sites for hydroxylation is 1. The van der Waals surface area contributed by atoms with Crippen molar-refractivity contribution in [1.82, 2.24) is 40.1 Å². The number of likely N-dealkylation sites (tertiary alicyclic amines) is 1. The van der Waals surface area contributed by atoms with E-state index < -0.39 is 23.4 Å². The molecule has 0 spiro atoms. The van der Waals surface area contributed by atoms with E-state index in [1.165, 1.54) is 16.2 Å². The average molecular weight is 991 g/mol. The van der Waals surface area contributed by atoms with Crippen LogP contribution in [-0.4, -0.2) is 136 Å². The van der Waals surface area contributed by atoms with Gasteiger partial charge in [-0.15, -0.1) is 11.3 Å². The van der Waals surface area contributed by atoms with Crippen LogP contribution in [0.3, 0.4) is 0 Å². The molecule has 3 aromatic heterocycles. The Bertz CT molecular complexity index is 2260. The van der Waals surface area contributed by atoms with Crippen LogP contribution in [0, 0.1) is 28.6 Å². The number of pyridine rings is 1. The second-order valence-corrected chi connectivity index (χ2v) is 18.1. The van der Waals surface area contributed by atoms with Crippen molar-refractivity contribution < 1.29 is 28.7 Å². The molecule has 1 aromatic carbocycles. The molecule has 6 rings (SSSR count). The summed E-state index contributed by atoms with van der Waals surface area (Å²) in [5.41, 5.74) is 9.39. The van der Waals surface area contributed by atoms with Crippen molar-refractivity contribution in [1.29, 1.82) is 5.26 Å². The van der Waals surface area contributed by atoms with Crippen molar-refractivity contribution in [2.75, 3.05) is 46.9 Å². The first-order valence-corrected chi connectivity index (χ1v) is 25.0. The number of fused-ring (bicyclic) bond motifs is 1. The van der Waals surface area contributed by atoms with Gasteiger partial charge in [0.05, 0.1) is 46.8 Å². The molecule has 2 fully saturated rings. The van der Waals surface area contributed by atoms with Gasteiger partial charge in [-0.25, -0.2) is 15.2 Å². The Labute approximate surface area is 389 Å². The molecule has 0 aliphatic carbocycles. The number of methoxy groups -OCH3 is 1. The van der Waals surface area contributed by atoms with E-state index in [0.717, 1.165) is 57.5 Å². The number of hydrogen-bond donors (Lipinski definition) is 2. The van der Waals surface area contributed by atoms with Crippen LogP contribution in [0.2, 0.25) is 4.87 Å². The second kappa shape index (κ2) is 22.4. The predicted octanol–water partition coefficient (Wildman–Crippen LogP) is 6.18. The summed E-state index contributed by atoms with van der Waals surface area (Å²) in [6, 6.07) is 10.4. The number of nitrogens with one attached hydrogen (secondary N) is 2. The van der Waals surface area contributed by atoms with Crippen molar-refractivity contribution in [2.24, 2.45) is 17.3 Å². The minimum absolute atomic E-state index is 0.155. The van der Waals surface area contributed by atoms with E-state index >= 15 is 0 Å². The van der Waals surface area contributed by atoms with Gasteiger partial charge in [-0.05, 0) is 68.9 Å². The number of carbonyl (C=O) groups excluding carboxylic acids is 4. The molecule has 4 amide bonds. The number of aromatic nitrogens is 3. The summed E-state index contributed by atoms with van der Waals surface area (Å²) in [4.78, 5) is 67.7. The van der Waals surface area contributed by atoms with E-state index in [1.54, 1.807) is 53.3 Å². The van der Waals surface area contributed by atoms with Crippen molar-refractivity contribution in [3.8, 4) is 28.6 Å². The number of amides is 4. The van der Waals surface area contributed by atoms with Crippen LogP contribution in [0.5, 0.6) is 0 Å². The van der Waals surface area contributed by atoms with Gasteiger partial charge < -0.3 is 29.2 Å². The van der Waals surface area contributed by atoms with Crippen LogP contribution < -0.4 is 10.7 Å². The van der Waals surface area contributed by atoms with E-state index in [1.807, 2.05) is 32.2 Å². The molecule has 15 nitrogen and oxygen atoms in total. The summed E-state index contributed by atoms with van der Waals surface area (Å²) in [6.07, 6.45) is 4.07. The molecule has 2 aliphatic rings. The molecular weight excluding hydrogens is 928 g/mol. The topological polar surface area (TPSA) is 175 Å². The molecule has 0 bridgehead atoms. The van der Waals surface area contributed by atoms with E-state index in [4.69, 9.17) is 19.4 Å². The SMILES string of the molecule is CCn1c(-c2cccnc2C(C)OC)c(CC(C)(C)COC=O)c2cc(-c3csc(CC(NC(=O)C(C(C)C)N(C)C(=O)N4CC(C#N)C4)C(=O)N4CCCCN4)n3)ccc21.[CH3][Sb]. The number of hydrazine groups is 1. The van der Waals surface area contributed by atoms with Crippen LogP contribution in [0.1, 0.15) is 76.8 Å². The Kier molecular flexibility index (Phi) is 17.6. The molecule has 0 saturated carbocycles. The Morgan fingerprint density at radius 3 is 2.56 bits per heavy atom. The van der Waals surface area contributed by atoms with Crippen LogP contribution in [0.25, 0.3) is 33.4 Å². The number of ether oxygens (including phenoxy) is 2. The third kappa shape index (κ3) is 11.4. The molecule has 17 heteroatoms. The molecule has 2 saturated heterocycles. The number of nitrogens with zero attached hydrogens (tertiary/aromatic N) is 7. The van der Waals surface area contributed by atoms with E-state index in [2.05, 4.69) is 71.3 Å². The molecule has 2 aliphatic heterocycles. The van der Waals surface area contributed by atoms with Crippen molar-refractivity contribution in [3.05, 3.63) is 58.2 Å². The van der Waals surface area contributed by atoms with Gasteiger partial charge in [0.25, 0.3) is 12.4 Å². The third-order valence-corrected chi connectivity index (χ3v) is 12.6. The third-order valence-electron chi connectivity index (χ3n) is 11.7. The van der Waals surface area contributed by atoms with E-state index in [-0.39, 0.29) is 42.9 Å². The first-order chi connectivity index (χ1) is 30.2. The maximum absolute atomic E-state index is 14.1. The number of urea groups is 1. The van der Waals surface area contributed by atoms with Crippen molar-refractivity contribution in [3.63, 3.8) is 0 Å². The van der Waals surface area contributed by atoms with Crippen LogP contribution >= 0.6 is 11.3 Å². The fourth-order valence-electron chi connectivity index (χ4n) is 8.46. The summed E-state index contributed by atoms with van der Waals surface area (Å²) < 4.78 is 13.4. The van der Waals surface area contributed by atoms with Gasteiger partial charge in [0, 0.05) is 92.3 Å². The number of rotatable bonds is 17. The van der Waals surface area contributed by atoms with E-state index in [9.17, 15) is 24.4 Å². The zero-order valence-corrected chi connectivity index (χ0v) is 41.4. The molecule has 3 unspecified atom stereocenters. The van der Waals surface area contributed by atoms with Gasteiger partial charge in [0.15, 0.2) is 0 Å². The molecule has 2 radical (unpaired) electrons. The number of carbonyl (C=O) groups is 4. The Balaban J connectivity index is 0.00000369. The normalized spacial score (nSPS) is 15.7. The number of benzene rings is 1. The second-order valence-electron chi connectivity index (χ2n) is 17.2. The summed E-state index contributed by atoms with van der Waals surface area (Å²) in [5.74, 6) is -1.16. The molecule has 4 aromatic rings. The van der Waals surface area contributed by atoms with Gasteiger partial charge in [0.1, 0.15) is 12.1 Å². The van der Waals surface area contributed by atoms with Gasteiger partial charge in [-0.1, -0.05) is 33.8 Å². The predicted molar refractivity (Wildman–Crippen MR) is 246 cm³/mol. The minimum atomic E-state index is -0.942. The Morgan fingerprint density at radius 1 is 1.17 bits per heavy atom. The fourth-order valence-corrected chi connectivity index (χ4v) is 9.31. The summed E-state index contributed by atoms with van der Waals surface area (Å²) in [6.45, 7) is 15.3. The first-order valence-electron chi connectivity index (χ1n) is 21.6. The summed E-state index contributed by atoms with van der Waals surface area (Å²) in [7, 11) is 3.27. The molecule has 5 heterocycles. The van der Waals surface area contributed by atoms with Crippen LogP contribution in [-0.2, 0) is 43.2 Å². The number of hydrogen-bond acceptors (Lipinski definition) is 11. The standard InChI is InChI=1S/C45H59N9O6S.CH3.Sb/c1-9-53-37-15-14-31(19-33(37)34(21-45(5,6)26-60-27-55)41(53)32-13-12-16-47-39(32)29(4)59-8)36-25-61-38(49-36)20-35(43(57)54-18-11-10-17-48-54)50-42(56)40(28(2)3)51(7)44(58)52-23-30(22-46)24-52;;/h12-16,19,25,27-30,35,40,48H,9-11,17-18,20-21,23-24,26H2,1-8H3,(H,50,56);1H3;.